The number of ether oxygens (including phenoxy) is 1. The molecule has 2 aromatic heterocycles. The Balaban J connectivity index is 1.65. The zero-order valence-corrected chi connectivity index (χ0v) is 21.9. The van der Waals surface area contributed by atoms with Gasteiger partial charge in [0.2, 0.25) is 0 Å². The standard InChI is InChI=1S/C25H33FN6O3S/c1-15(2)21-23(17-11-20(35-3)25(28-13-17)29-14-27)30-19-12-18(26)22(31-24(19)21)16-5-7-32(8-6-16)9-10-36(4,33)34/h11-16,20,27,30H,5-10H2,1-4H3. The van der Waals surface area contributed by atoms with E-state index in [2.05, 4.69) is 33.7 Å². The van der Waals surface area contributed by atoms with E-state index in [1.165, 1.54) is 12.3 Å². The zero-order chi connectivity index (χ0) is 26.0. The van der Waals surface area contributed by atoms with E-state index in [1.54, 1.807) is 13.3 Å². The number of hydrogen-bond donors (Lipinski definition) is 2. The van der Waals surface area contributed by atoms with Gasteiger partial charge in [0.05, 0.1) is 28.2 Å². The number of amidine groups is 1. The van der Waals surface area contributed by atoms with Crippen LogP contribution in [0.2, 0.25) is 0 Å². The molecular formula is C25H33FN6O3S. The van der Waals surface area contributed by atoms with E-state index in [4.69, 9.17) is 15.1 Å². The first-order valence-corrected chi connectivity index (χ1v) is 14.1. The van der Waals surface area contributed by atoms with E-state index in [9.17, 15) is 8.42 Å². The van der Waals surface area contributed by atoms with Gasteiger partial charge in [0.15, 0.2) is 5.84 Å². The number of nitrogens with zero attached hydrogens (tertiary/aromatic N) is 4. The lowest BCUT2D eigenvalue weighted by Crippen LogP contribution is -2.36. The molecule has 1 atom stereocenters. The average Bonchev–Trinajstić information content (AvgIpc) is 3.21. The van der Waals surface area contributed by atoms with E-state index in [-0.39, 0.29) is 23.4 Å². The topological polar surface area (TPSA) is 124 Å². The fourth-order valence-electron chi connectivity index (χ4n) is 4.91. The summed E-state index contributed by atoms with van der Waals surface area (Å²) in [6.45, 7) is 6.09. The van der Waals surface area contributed by atoms with Gasteiger partial charge in [0.25, 0.3) is 0 Å². The van der Waals surface area contributed by atoms with Gasteiger partial charge in [-0.15, -0.1) is 0 Å². The van der Waals surface area contributed by atoms with E-state index in [1.807, 2.05) is 6.08 Å². The summed E-state index contributed by atoms with van der Waals surface area (Å²) in [5, 5.41) is 7.22. The van der Waals surface area contributed by atoms with Crippen molar-refractivity contribution in [3.8, 4) is 0 Å². The van der Waals surface area contributed by atoms with Crippen molar-refractivity contribution in [1.82, 2.24) is 14.9 Å². The molecule has 4 rings (SSSR count). The molecule has 0 bridgehead atoms. The molecular weight excluding hydrogens is 483 g/mol. The molecule has 0 spiro atoms. The molecule has 2 aliphatic heterocycles. The van der Waals surface area contributed by atoms with Gasteiger partial charge >= 0.3 is 0 Å². The Morgan fingerprint density at radius 3 is 2.69 bits per heavy atom. The number of aliphatic imine (C=N–C) groups is 2. The Hall–Kier alpha value is -2.76. The summed E-state index contributed by atoms with van der Waals surface area (Å²) in [7, 11) is -1.45. The number of rotatable bonds is 8. The SMILES string of the molecule is COC1C=C(c2[nH]c3cc(F)c(C4CCN(CCS(C)(=O)=O)CC4)nc3c2C(C)C)C=NC1=NC=N. The highest BCUT2D eigenvalue weighted by Crippen LogP contribution is 2.36. The monoisotopic (exact) mass is 516 g/mol. The summed E-state index contributed by atoms with van der Waals surface area (Å²) in [6, 6.07) is 1.53. The van der Waals surface area contributed by atoms with Crippen molar-refractivity contribution < 1.29 is 17.5 Å². The van der Waals surface area contributed by atoms with E-state index >= 15 is 4.39 Å². The first-order valence-electron chi connectivity index (χ1n) is 12.1. The number of fused-ring (bicyclic) bond motifs is 1. The molecule has 11 heteroatoms. The number of hydrogen-bond acceptors (Lipinski definition) is 6. The van der Waals surface area contributed by atoms with Gasteiger partial charge in [0, 0.05) is 49.2 Å². The van der Waals surface area contributed by atoms with Gasteiger partial charge in [0.1, 0.15) is 28.1 Å². The number of halogens is 1. The Labute approximate surface area is 211 Å². The molecule has 1 saturated heterocycles. The van der Waals surface area contributed by atoms with Crippen LogP contribution >= 0.6 is 0 Å². The normalized spacial score (nSPS) is 21.0. The molecule has 0 amide bonds. The number of piperidine rings is 1. The van der Waals surface area contributed by atoms with Crippen LogP contribution in [-0.4, -0.2) is 86.5 Å². The number of dihydropyridines is 1. The van der Waals surface area contributed by atoms with Crippen LogP contribution in [0.5, 0.6) is 0 Å². The predicted octanol–water partition coefficient (Wildman–Crippen LogP) is 3.54. The van der Waals surface area contributed by atoms with E-state index in [0.717, 1.165) is 54.6 Å². The number of sulfone groups is 1. The van der Waals surface area contributed by atoms with Crippen molar-refractivity contribution in [2.24, 2.45) is 9.98 Å². The smallest absolute Gasteiger partial charge is 0.162 e. The Morgan fingerprint density at radius 2 is 2.08 bits per heavy atom. The molecule has 9 nitrogen and oxygen atoms in total. The van der Waals surface area contributed by atoms with Crippen molar-refractivity contribution in [2.45, 2.75) is 44.6 Å². The molecule has 4 heterocycles. The Bertz CT molecular complexity index is 1340. The van der Waals surface area contributed by atoms with Crippen molar-refractivity contribution in [2.75, 3.05) is 38.8 Å². The minimum atomic E-state index is -3.01. The second kappa shape index (κ2) is 10.7. The summed E-state index contributed by atoms with van der Waals surface area (Å²) < 4.78 is 43.7. The third-order valence-electron chi connectivity index (χ3n) is 6.78. The van der Waals surface area contributed by atoms with Crippen LogP contribution in [0.1, 0.15) is 55.5 Å². The van der Waals surface area contributed by atoms with Gasteiger partial charge in [-0.05, 0) is 37.9 Å². The molecule has 0 aliphatic carbocycles. The average molecular weight is 517 g/mol. The molecule has 0 saturated carbocycles. The van der Waals surface area contributed by atoms with Crippen LogP contribution in [0, 0.1) is 11.2 Å². The van der Waals surface area contributed by atoms with Crippen LogP contribution in [0.15, 0.2) is 22.1 Å². The summed E-state index contributed by atoms with van der Waals surface area (Å²) in [4.78, 5) is 18.6. The first-order chi connectivity index (χ1) is 17.1. The molecule has 2 aromatic rings. The largest absolute Gasteiger partial charge is 0.369 e. The molecule has 0 aromatic carbocycles. The van der Waals surface area contributed by atoms with Crippen molar-refractivity contribution in [3.05, 3.63) is 34.9 Å². The Morgan fingerprint density at radius 1 is 1.36 bits per heavy atom. The van der Waals surface area contributed by atoms with Crippen molar-refractivity contribution in [3.63, 3.8) is 0 Å². The van der Waals surface area contributed by atoms with Gasteiger partial charge in [-0.3, -0.25) is 5.41 Å². The van der Waals surface area contributed by atoms with Crippen LogP contribution in [0.4, 0.5) is 4.39 Å². The van der Waals surface area contributed by atoms with Crippen LogP contribution in [0.25, 0.3) is 16.6 Å². The van der Waals surface area contributed by atoms with Crippen molar-refractivity contribution >= 4 is 44.8 Å². The lowest BCUT2D eigenvalue weighted by molar-refractivity contribution is 0.190. The fraction of sp³-hybridized carbons (Fsp3) is 0.520. The van der Waals surface area contributed by atoms with E-state index < -0.39 is 15.9 Å². The van der Waals surface area contributed by atoms with Gasteiger partial charge in [-0.1, -0.05) is 13.8 Å². The third kappa shape index (κ3) is 5.63. The number of H-pyrrole nitrogens is 1. The van der Waals surface area contributed by atoms with Crippen molar-refractivity contribution in [1.29, 1.82) is 5.41 Å². The summed E-state index contributed by atoms with van der Waals surface area (Å²) >= 11 is 0. The maximum absolute atomic E-state index is 15.3. The first kappa shape index (κ1) is 26.3. The molecule has 1 unspecified atom stereocenters. The maximum Gasteiger partial charge on any atom is 0.162 e. The summed E-state index contributed by atoms with van der Waals surface area (Å²) in [5.74, 6) is 0.298. The number of aromatic amines is 1. The molecule has 194 valence electrons. The lowest BCUT2D eigenvalue weighted by Gasteiger charge is -2.31. The number of allylic oxidation sites excluding steroid dienone is 1. The Kier molecular flexibility index (Phi) is 7.82. The summed E-state index contributed by atoms with van der Waals surface area (Å²) in [6.07, 6.45) is 6.72. The fourth-order valence-corrected chi connectivity index (χ4v) is 5.50. The zero-order valence-electron chi connectivity index (χ0n) is 21.1. The molecule has 0 radical (unpaired) electrons. The number of aromatic nitrogens is 2. The van der Waals surface area contributed by atoms with Gasteiger partial charge in [-0.25, -0.2) is 27.8 Å². The van der Waals surface area contributed by atoms with Gasteiger partial charge < -0.3 is 14.6 Å². The number of methoxy groups -OCH3 is 1. The third-order valence-corrected chi connectivity index (χ3v) is 7.70. The molecule has 36 heavy (non-hydrogen) atoms. The minimum Gasteiger partial charge on any atom is -0.369 e. The second-order valence-electron chi connectivity index (χ2n) is 9.72. The van der Waals surface area contributed by atoms with Crippen LogP contribution < -0.4 is 0 Å². The summed E-state index contributed by atoms with van der Waals surface area (Å²) in [5.41, 5.74) is 4.45. The number of nitrogens with one attached hydrogen (secondary N) is 2. The predicted molar refractivity (Wildman–Crippen MR) is 142 cm³/mol. The minimum absolute atomic E-state index is 0.0181. The highest BCUT2D eigenvalue weighted by atomic mass is 32.2. The molecule has 2 N–H and O–H groups in total. The highest BCUT2D eigenvalue weighted by molar-refractivity contribution is 7.90. The quantitative estimate of drug-likeness (QED) is 0.410. The lowest BCUT2D eigenvalue weighted by atomic mass is 9.92. The van der Waals surface area contributed by atoms with Crippen LogP contribution in [-0.2, 0) is 14.6 Å². The van der Waals surface area contributed by atoms with Crippen LogP contribution in [0.3, 0.4) is 0 Å². The maximum atomic E-state index is 15.3. The molecule has 2 aliphatic rings. The van der Waals surface area contributed by atoms with Gasteiger partial charge in [-0.2, -0.15) is 0 Å². The van der Waals surface area contributed by atoms with E-state index in [0.29, 0.717) is 23.6 Å². The number of likely N-dealkylation sites (tertiary alicyclic amines) is 1. The highest BCUT2D eigenvalue weighted by Gasteiger charge is 2.28. The molecule has 1 fully saturated rings. The number of pyridine rings is 1. The second-order valence-corrected chi connectivity index (χ2v) is 12.0.